The molecule has 1 fully saturated rings. The molecular weight excluding hydrogens is 391 g/mol. The molecular formula is C19H20ClFN2O3S. The predicted octanol–water partition coefficient (Wildman–Crippen LogP) is 3.66. The molecule has 1 saturated heterocycles. The average Bonchev–Trinajstić information content (AvgIpc) is 2.65. The average molecular weight is 411 g/mol. The largest absolute Gasteiger partial charge is 0.325 e. The monoisotopic (exact) mass is 410 g/mol. The van der Waals surface area contributed by atoms with E-state index in [2.05, 4.69) is 5.32 Å². The lowest BCUT2D eigenvalue weighted by Crippen LogP contribution is -2.42. The normalized spacial score (nSPS) is 16.2. The Kier molecular flexibility index (Phi) is 6.14. The zero-order valence-corrected chi connectivity index (χ0v) is 16.1. The Balaban J connectivity index is 1.59. The molecule has 0 aliphatic carbocycles. The van der Waals surface area contributed by atoms with Gasteiger partial charge in [0.1, 0.15) is 5.82 Å². The summed E-state index contributed by atoms with van der Waals surface area (Å²) in [6.07, 6.45) is 0.819. The highest BCUT2D eigenvalue weighted by atomic mass is 35.5. The Bertz CT molecular complexity index is 928. The molecule has 1 aliphatic rings. The lowest BCUT2D eigenvalue weighted by molar-refractivity contribution is -0.120. The minimum Gasteiger partial charge on any atom is -0.325 e. The van der Waals surface area contributed by atoms with Crippen LogP contribution in [0.1, 0.15) is 18.4 Å². The lowest BCUT2D eigenvalue weighted by Gasteiger charge is -2.30. The van der Waals surface area contributed by atoms with Gasteiger partial charge < -0.3 is 5.32 Å². The summed E-state index contributed by atoms with van der Waals surface area (Å²) in [6, 6.07) is 12.8. The molecule has 1 amide bonds. The molecule has 0 radical (unpaired) electrons. The van der Waals surface area contributed by atoms with E-state index < -0.39 is 15.8 Å². The summed E-state index contributed by atoms with van der Waals surface area (Å²) >= 11 is 6.05. The van der Waals surface area contributed by atoms with Crippen LogP contribution in [-0.2, 0) is 20.6 Å². The summed E-state index contributed by atoms with van der Waals surface area (Å²) in [6.45, 7) is 0.467. The van der Waals surface area contributed by atoms with E-state index in [1.54, 1.807) is 30.3 Å². The molecule has 0 saturated carbocycles. The number of amides is 1. The molecule has 0 atom stereocenters. The maximum Gasteiger partial charge on any atom is 0.227 e. The molecule has 5 nitrogen and oxygen atoms in total. The summed E-state index contributed by atoms with van der Waals surface area (Å²) in [5, 5.41) is 3.25. The maximum atomic E-state index is 13.7. The number of carbonyl (C=O) groups is 1. The van der Waals surface area contributed by atoms with Gasteiger partial charge in [-0.15, -0.1) is 0 Å². The van der Waals surface area contributed by atoms with Gasteiger partial charge in [-0.05, 0) is 31.0 Å². The van der Waals surface area contributed by atoms with Crippen LogP contribution < -0.4 is 5.32 Å². The van der Waals surface area contributed by atoms with Crippen molar-refractivity contribution in [2.45, 2.75) is 18.6 Å². The molecule has 8 heteroatoms. The van der Waals surface area contributed by atoms with Crippen molar-refractivity contribution >= 4 is 33.2 Å². The number of nitrogens with one attached hydrogen (secondary N) is 1. The fourth-order valence-electron chi connectivity index (χ4n) is 3.10. The van der Waals surface area contributed by atoms with Crippen molar-refractivity contribution in [2.75, 3.05) is 18.4 Å². The molecule has 1 aliphatic heterocycles. The molecule has 0 bridgehead atoms. The number of hydrogen-bond donors (Lipinski definition) is 1. The summed E-state index contributed by atoms with van der Waals surface area (Å²) in [7, 11) is -3.63. The Morgan fingerprint density at radius 1 is 1.11 bits per heavy atom. The summed E-state index contributed by atoms with van der Waals surface area (Å²) in [4.78, 5) is 12.4. The van der Waals surface area contributed by atoms with Gasteiger partial charge in [-0.1, -0.05) is 41.9 Å². The van der Waals surface area contributed by atoms with Gasteiger partial charge in [-0.3, -0.25) is 4.79 Å². The van der Waals surface area contributed by atoms with Crippen LogP contribution in [-0.4, -0.2) is 31.7 Å². The number of piperidine rings is 1. The molecule has 0 aromatic heterocycles. The first-order valence-electron chi connectivity index (χ1n) is 8.63. The van der Waals surface area contributed by atoms with Crippen LogP contribution in [0.2, 0.25) is 5.02 Å². The number of halogens is 2. The van der Waals surface area contributed by atoms with Crippen LogP contribution in [0.3, 0.4) is 0 Å². The number of para-hydroxylation sites is 1. The number of nitrogens with zero attached hydrogens (tertiary/aromatic N) is 1. The van der Waals surface area contributed by atoms with Gasteiger partial charge in [-0.25, -0.2) is 17.1 Å². The maximum absolute atomic E-state index is 13.7. The van der Waals surface area contributed by atoms with E-state index in [4.69, 9.17) is 11.6 Å². The Hall–Kier alpha value is -1.96. The van der Waals surface area contributed by atoms with Crippen LogP contribution in [0, 0.1) is 11.7 Å². The summed E-state index contributed by atoms with van der Waals surface area (Å²) < 4.78 is 40.2. The van der Waals surface area contributed by atoms with Crippen molar-refractivity contribution in [3.05, 3.63) is 64.9 Å². The number of hydrogen-bond acceptors (Lipinski definition) is 3. The lowest BCUT2D eigenvalue weighted by atomic mass is 9.97. The summed E-state index contributed by atoms with van der Waals surface area (Å²) in [5.41, 5.74) is 0.690. The van der Waals surface area contributed by atoms with E-state index >= 15 is 0 Å². The smallest absolute Gasteiger partial charge is 0.227 e. The van der Waals surface area contributed by atoms with Gasteiger partial charge in [0.2, 0.25) is 15.9 Å². The minimum absolute atomic E-state index is 0.149. The highest BCUT2D eigenvalue weighted by Gasteiger charge is 2.31. The van der Waals surface area contributed by atoms with E-state index in [1.807, 2.05) is 0 Å². The van der Waals surface area contributed by atoms with Gasteiger partial charge in [-0.2, -0.15) is 0 Å². The van der Waals surface area contributed by atoms with Crippen LogP contribution in [0.15, 0.2) is 48.5 Å². The second-order valence-corrected chi connectivity index (χ2v) is 8.87. The topological polar surface area (TPSA) is 66.5 Å². The quantitative estimate of drug-likeness (QED) is 0.818. The zero-order chi connectivity index (χ0) is 19.4. The number of sulfonamides is 1. The zero-order valence-electron chi connectivity index (χ0n) is 14.6. The van der Waals surface area contributed by atoms with Gasteiger partial charge in [0.05, 0.1) is 16.5 Å². The third-order valence-electron chi connectivity index (χ3n) is 4.65. The first-order valence-corrected chi connectivity index (χ1v) is 10.6. The first kappa shape index (κ1) is 19.8. The third kappa shape index (κ3) is 4.86. The molecule has 0 spiro atoms. The first-order chi connectivity index (χ1) is 12.9. The fourth-order valence-corrected chi connectivity index (χ4v) is 4.86. The second-order valence-electron chi connectivity index (χ2n) is 6.49. The van der Waals surface area contributed by atoms with Gasteiger partial charge in [0.15, 0.2) is 0 Å². The van der Waals surface area contributed by atoms with Gasteiger partial charge in [0.25, 0.3) is 0 Å². The molecule has 2 aromatic carbocycles. The van der Waals surface area contributed by atoms with E-state index in [1.165, 1.54) is 22.5 Å². The molecule has 2 aromatic rings. The van der Waals surface area contributed by atoms with Crippen molar-refractivity contribution in [1.82, 2.24) is 4.31 Å². The third-order valence-corrected chi connectivity index (χ3v) is 6.80. The number of anilines is 1. The van der Waals surface area contributed by atoms with Crippen LogP contribution >= 0.6 is 11.6 Å². The molecule has 1 heterocycles. The molecule has 1 N–H and O–H groups in total. The van der Waals surface area contributed by atoms with Crippen LogP contribution in [0.25, 0.3) is 0 Å². The SMILES string of the molecule is O=C(Nc1ccccc1Cl)C1CCN(S(=O)(=O)Cc2ccccc2F)CC1. The molecule has 3 rings (SSSR count). The van der Waals surface area contributed by atoms with Gasteiger partial charge >= 0.3 is 0 Å². The number of rotatable bonds is 5. The fraction of sp³-hybridized carbons (Fsp3) is 0.316. The van der Waals surface area contributed by atoms with Crippen molar-refractivity contribution in [3.63, 3.8) is 0 Å². The Morgan fingerprint density at radius 2 is 1.74 bits per heavy atom. The second kappa shape index (κ2) is 8.37. The molecule has 0 unspecified atom stereocenters. The predicted molar refractivity (Wildman–Crippen MR) is 103 cm³/mol. The highest BCUT2D eigenvalue weighted by molar-refractivity contribution is 7.88. The van der Waals surface area contributed by atoms with Gasteiger partial charge in [0, 0.05) is 24.6 Å². The van der Waals surface area contributed by atoms with E-state index in [0.717, 1.165) is 0 Å². The van der Waals surface area contributed by atoms with Crippen molar-refractivity contribution < 1.29 is 17.6 Å². The Morgan fingerprint density at radius 3 is 2.41 bits per heavy atom. The van der Waals surface area contributed by atoms with Crippen molar-refractivity contribution in [2.24, 2.45) is 5.92 Å². The van der Waals surface area contributed by atoms with E-state index in [9.17, 15) is 17.6 Å². The Labute approximate surface area is 163 Å². The van der Waals surface area contributed by atoms with Crippen molar-refractivity contribution in [1.29, 1.82) is 0 Å². The highest BCUT2D eigenvalue weighted by Crippen LogP contribution is 2.26. The van der Waals surface area contributed by atoms with E-state index in [-0.39, 0.29) is 36.2 Å². The summed E-state index contributed by atoms with van der Waals surface area (Å²) in [5.74, 6) is -1.37. The number of benzene rings is 2. The van der Waals surface area contributed by atoms with Crippen LogP contribution in [0.4, 0.5) is 10.1 Å². The van der Waals surface area contributed by atoms with Crippen LogP contribution in [0.5, 0.6) is 0 Å². The number of carbonyl (C=O) groups excluding carboxylic acids is 1. The molecule has 27 heavy (non-hydrogen) atoms. The molecule has 144 valence electrons. The van der Waals surface area contributed by atoms with Crippen molar-refractivity contribution in [3.8, 4) is 0 Å². The minimum atomic E-state index is -3.63. The van der Waals surface area contributed by atoms with E-state index in [0.29, 0.717) is 23.6 Å². The standard InChI is InChI=1S/C19H20ClFN2O3S/c20-16-6-2-4-8-18(16)22-19(24)14-9-11-23(12-10-14)27(25,26)13-15-5-1-3-7-17(15)21/h1-8,14H,9-13H2,(H,22,24).